The van der Waals surface area contributed by atoms with Crippen molar-refractivity contribution in [2.75, 3.05) is 20.1 Å². The zero-order valence-corrected chi connectivity index (χ0v) is 13.8. The molecule has 0 atom stereocenters. The molecule has 0 spiro atoms. The quantitative estimate of drug-likeness (QED) is 0.815. The molecular formula is C15H27N3OS. The molecule has 1 aliphatic carbocycles. The molecule has 1 saturated carbocycles. The van der Waals surface area contributed by atoms with Crippen molar-refractivity contribution in [2.24, 2.45) is 4.99 Å². The highest BCUT2D eigenvalue weighted by Gasteiger charge is 2.33. The third kappa shape index (κ3) is 4.14. The van der Waals surface area contributed by atoms with Gasteiger partial charge in [-0.05, 0) is 26.7 Å². The molecule has 20 heavy (non-hydrogen) atoms. The highest BCUT2D eigenvalue weighted by Crippen LogP contribution is 2.29. The summed E-state index contributed by atoms with van der Waals surface area (Å²) in [5.74, 6) is 0.150. The van der Waals surface area contributed by atoms with Gasteiger partial charge in [0, 0.05) is 19.6 Å². The molecule has 0 radical (unpaired) electrons. The van der Waals surface area contributed by atoms with Crippen LogP contribution in [0, 0.1) is 0 Å². The van der Waals surface area contributed by atoms with Crippen LogP contribution in [0.3, 0.4) is 0 Å². The van der Waals surface area contributed by atoms with Crippen molar-refractivity contribution in [1.82, 2.24) is 10.2 Å². The van der Waals surface area contributed by atoms with E-state index in [2.05, 4.69) is 15.2 Å². The molecular weight excluding hydrogens is 270 g/mol. The Balaban J connectivity index is 1.89. The molecule has 1 fully saturated rings. The number of amides is 1. The first kappa shape index (κ1) is 15.7. The van der Waals surface area contributed by atoms with Gasteiger partial charge in [-0.1, -0.05) is 37.4 Å². The molecule has 0 aromatic carbocycles. The minimum Gasteiger partial charge on any atom is -0.353 e. The maximum absolute atomic E-state index is 12.5. The molecule has 0 unspecified atom stereocenters. The number of thioether (sulfide) groups is 1. The average Bonchev–Trinajstić information content (AvgIpc) is 2.65. The summed E-state index contributed by atoms with van der Waals surface area (Å²) in [6.07, 6.45) is 7.38. The molecule has 0 aromatic heterocycles. The van der Waals surface area contributed by atoms with E-state index in [1.165, 1.54) is 25.7 Å². The molecule has 0 bridgehead atoms. The van der Waals surface area contributed by atoms with Crippen LogP contribution in [0.4, 0.5) is 0 Å². The highest BCUT2D eigenvalue weighted by molar-refractivity contribution is 8.15. The van der Waals surface area contributed by atoms with Gasteiger partial charge >= 0.3 is 0 Å². The number of carbonyl (C=O) groups excluding carboxylic acids is 1. The number of amidine groups is 1. The van der Waals surface area contributed by atoms with Crippen LogP contribution in [0.2, 0.25) is 0 Å². The molecule has 114 valence electrons. The van der Waals surface area contributed by atoms with E-state index >= 15 is 0 Å². The molecule has 1 heterocycles. The number of likely N-dealkylation sites (N-methyl/N-ethyl adjacent to an activating group) is 1. The summed E-state index contributed by atoms with van der Waals surface area (Å²) in [6, 6.07) is 0.369. The fraction of sp³-hybridized carbons (Fsp3) is 0.867. The van der Waals surface area contributed by atoms with Crippen molar-refractivity contribution >= 4 is 22.8 Å². The number of hydrogen-bond donors (Lipinski definition) is 1. The van der Waals surface area contributed by atoms with Gasteiger partial charge in [0.15, 0.2) is 5.17 Å². The Kier molecular flexibility index (Phi) is 5.35. The Morgan fingerprint density at radius 1 is 1.30 bits per heavy atom. The van der Waals surface area contributed by atoms with E-state index in [0.29, 0.717) is 6.04 Å². The van der Waals surface area contributed by atoms with Gasteiger partial charge in [-0.2, -0.15) is 0 Å². The standard InChI is InChI=1S/C15H27N3OS/c1-15(2,20-14-16-10-11-18(14)3)13(19)17-12-8-6-4-5-7-9-12/h12H,4-11H2,1-3H3,(H,17,19). The van der Waals surface area contributed by atoms with Gasteiger partial charge in [-0.15, -0.1) is 0 Å². The zero-order valence-electron chi connectivity index (χ0n) is 12.9. The number of hydrogen-bond acceptors (Lipinski definition) is 4. The van der Waals surface area contributed by atoms with Crippen molar-refractivity contribution in [1.29, 1.82) is 0 Å². The van der Waals surface area contributed by atoms with E-state index < -0.39 is 4.75 Å². The topological polar surface area (TPSA) is 44.7 Å². The average molecular weight is 297 g/mol. The Hall–Kier alpha value is -0.710. The molecule has 0 saturated heterocycles. The van der Waals surface area contributed by atoms with Gasteiger partial charge in [0.2, 0.25) is 5.91 Å². The van der Waals surface area contributed by atoms with Crippen molar-refractivity contribution in [3.05, 3.63) is 0 Å². The van der Waals surface area contributed by atoms with Gasteiger partial charge in [0.05, 0.1) is 11.3 Å². The fourth-order valence-corrected chi connectivity index (χ4v) is 3.69. The number of carbonyl (C=O) groups is 1. The lowest BCUT2D eigenvalue weighted by Gasteiger charge is -2.28. The van der Waals surface area contributed by atoms with Crippen molar-refractivity contribution in [2.45, 2.75) is 63.2 Å². The molecule has 2 rings (SSSR count). The van der Waals surface area contributed by atoms with Gasteiger partial charge in [-0.25, -0.2) is 0 Å². The number of rotatable bonds is 3. The molecule has 2 aliphatic rings. The Bertz CT molecular complexity index is 373. The lowest BCUT2D eigenvalue weighted by atomic mass is 10.1. The SMILES string of the molecule is CN1CCN=C1SC(C)(C)C(=O)NC1CCCCCC1. The normalized spacial score (nSPS) is 21.6. The van der Waals surface area contributed by atoms with Crippen LogP contribution in [0.15, 0.2) is 4.99 Å². The van der Waals surface area contributed by atoms with E-state index in [1.54, 1.807) is 11.8 Å². The minimum atomic E-state index is -0.455. The predicted molar refractivity (Wildman–Crippen MR) is 86.2 cm³/mol. The van der Waals surface area contributed by atoms with E-state index in [0.717, 1.165) is 31.1 Å². The van der Waals surface area contributed by atoms with E-state index in [9.17, 15) is 4.79 Å². The van der Waals surface area contributed by atoms with Gasteiger partial charge in [-0.3, -0.25) is 9.79 Å². The first-order valence-corrected chi connectivity index (χ1v) is 8.56. The maximum atomic E-state index is 12.5. The summed E-state index contributed by atoms with van der Waals surface area (Å²) >= 11 is 1.58. The van der Waals surface area contributed by atoms with Crippen molar-refractivity contribution in [3.8, 4) is 0 Å². The minimum absolute atomic E-state index is 0.150. The van der Waals surface area contributed by atoms with E-state index in [1.807, 2.05) is 20.9 Å². The van der Waals surface area contributed by atoms with Gasteiger partial charge in [0.1, 0.15) is 0 Å². The molecule has 1 aliphatic heterocycles. The Morgan fingerprint density at radius 3 is 2.50 bits per heavy atom. The third-order valence-corrected chi connectivity index (χ3v) is 5.41. The summed E-state index contributed by atoms with van der Waals surface area (Å²) in [5.41, 5.74) is 0. The Labute approximate surface area is 126 Å². The van der Waals surface area contributed by atoms with Crippen molar-refractivity contribution in [3.63, 3.8) is 0 Å². The van der Waals surface area contributed by atoms with E-state index in [-0.39, 0.29) is 5.91 Å². The van der Waals surface area contributed by atoms with Crippen LogP contribution in [0.25, 0.3) is 0 Å². The van der Waals surface area contributed by atoms with Gasteiger partial charge in [0.25, 0.3) is 0 Å². The van der Waals surface area contributed by atoms with Gasteiger partial charge < -0.3 is 10.2 Å². The second kappa shape index (κ2) is 6.83. The number of nitrogens with zero attached hydrogens (tertiary/aromatic N) is 2. The molecule has 1 N–H and O–H groups in total. The maximum Gasteiger partial charge on any atom is 0.236 e. The van der Waals surface area contributed by atoms with E-state index in [4.69, 9.17) is 0 Å². The lowest BCUT2D eigenvalue weighted by molar-refractivity contribution is -0.123. The second-order valence-electron chi connectivity index (χ2n) is 6.36. The van der Waals surface area contributed by atoms with Crippen molar-refractivity contribution < 1.29 is 4.79 Å². The summed E-state index contributed by atoms with van der Waals surface area (Å²) < 4.78 is -0.455. The van der Waals surface area contributed by atoms with Crippen LogP contribution in [-0.4, -0.2) is 46.9 Å². The van der Waals surface area contributed by atoms with Crippen LogP contribution in [0.1, 0.15) is 52.4 Å². The summed E-state index contributed by atoms with van der Waals surface area (Å²) in [5, 5.41) is 4.25. The highest BCUT2D eigenvalue weighted by atomic mass is 32.2. The number of aliphatic imine (C=N–C) groups is 1. The zero-order chi connectivity index (χ0) is 14.6. The van der Waals surface area contributed by atoms with Crippen LogP contribution in [0.5, 0.6) is 0 Å². The second-order valence-corrected chi connectivity index (χ2v) is 7.95. The lowest BCUT2D eigenvalue weighted by Crippen LogP contribution is -2.46. The smallest absolute Gasteiger partial charge is 0.236 e. The first-order valence-electron chi connectivity index (χ1n) is 7.74. The number of nitrogens with one attached hydrogen (secondary N) is 1. The molecule has 1 amide bonds. The summed E-state index contributed by atoms with van der Waals surface area (Å²) in [7, 11) is 2.04. The van der Waals surface area contributed by atoms with Crippen LogP contribution >= 0.6 is 11.8 Å². The molecule has 0 aromatic rings. The van der Waals surface area contributed by atoms with Crippen LogP contribution < -0.4 is 5.32 Å². The fourth-order valence-electron chi connectivity index (χ4n) is 2.68. The monoisotopic (exact) mass is 297 g/mol. The Morgan fingerprint density at radius 2 is 1.95 bits per heavy atom. The largest absolute Gasteiger partial charge is 0.353 e. The van der Waals surface area contributed by atoms with Crippen LogP contribution in [-0.2, 0) is 4.79 Å². The third-order valence-electron chi connectivity index (χ3n) is 4.09. The predicted octanol–water partition coefficient (Wildman–Crippen LogP) is 2.64. The summed E-state index contributed by atoms with van der Waals surface area (Å²) in [6.45, 7) is 5.80. The molecule has 4 nitrogen and oxygen atoms in total. The molecule has 5 heteroatoms. The first-order chi connectivity index (χ1) is 9.49. The summed E-state index contributed by atoms with van der Waals surface area (Å²) in [4.78, 5) is 19.1.